The molecule has 0 aliphatic rings. The zero-order valence-electron chi connectivity index (χ0n) is 12.1. The maximum Gasteiger partial charge on any atom is 0.231 e. The first-order chi connectivity index (χ1) is 10.0. The van der Waals surface area contributed by atoms with E-state index in [1.54, 1.807) is 0 Å². The Bertz CT molecular complexity index is 780. The van der Waals surface area contributed by atoms with Crippen molar-refractivity contribution in [3.63, 3.8) is 0 Å². The van der Waals surface area contributed by atoms with Crippen LogP contribution in [0.3, 0.4) is 0 Å². The van der Waals surface area contributed by atoms with Crippen LogP contribution in [0.5, 0.6) is 0 Å². The molecule has 1 aromatic carbocycles. The molecule has 0 unspecified atom stereocenters. The first kappa shape index (κ1) is 14.3. The summed E-state index contributed by atoms with van der Waals surface area (Å²) in [6.07, 6.45) is 0. The summed E-state index contributed by atoms with van der Waals surface area (Å²) in [6, 6.07) is 10.6. The van der Waals surface area contributed by atoms with E-state index in [0.717, 1.165) is 17.0 Å². The lowest BCUT2D eigenvalue weighted by atomic mass is 10.1. The van der Waals surface area contributed by atoms with Crippen molar-refractivity contribution in [2.45, 2.75) is 26.8 Å². The number of benzene rings is 1. The summed E-state index contributed by atoms with van der Waals surface area (Å²) in [5.74, 6) is 2.37. The molecule has 2 aromatic heterocycles. The molecule has 0 aliphatic heterocycles. The average Bonchev–Trinajstić information content (AvgIpc) is 2.79. The summed E-state index contributed by atoms with van der Waals surface area (Å²) in [7, 11) is 0. The second-order valence-electron chi connectivity index (χ2n) is 5.11. The van der Waals surface area contributed by atoms with E-state index >= 15 is 0 Å². The van der Waals surface area contributed by atoms with Gasteiger partial charge in [0.2, 0.25) is 5.71 Å². The lowest BCUT2D eigenvalue weighted by molar-refractivity contribution is 0.566. The van der Waals surface area contributed by atoms with E-state index in [-0.39, 0.29) is 6.04 Å². The van der Waals surface area contributed by atoms with Crippen LogP contribution in [0.1, 0.15) is 30.1 Å². The van der Waals surface area contributed by atoms with E-state index in [4.69, 9.17) is 4.42 Å². The number of aromatic nitrogens is 2. The molecule has 0 aliphatic carbocycles. The van der Waals surface area contributed by atoms with E-state index in [1.807, 2.05) is 19.9 Å². The second-order valence-corrected chi connectivity index (χ2v) is 6.36. The Labute approximate surface area is 137 Å². The van der Waals surface area contributed by atoms with Crippen molar-refractivity contribution in [2.75, 3.05) is 5.32 Å². The third kappa shape index (κ3) is 3.02. The van der Waals surface area contributed by atoms with E-state index < -0.39 is 0 Å². The molecule has 0 spiro atoms. The predicted molar refractivity (Wildman–Crippen MR) is 92.5 cm³/mol. The van der Waals surface area contributed by atoms with Crippen molar-refractivity contribution >= 4 is 39.5 Å². The van der Waals surface area contributed by atoms with Gasteiger partial charge in [0, 0.05) is 9.61 Å². The highest BCUT2D eigenvalue weighted by Gasteiger charge is 2.13. The third-order valence-corrected chi connectivity index (χ3v) is 4.07. The molecule has 0 saturated heterocycles. The molecule has 0 saturated carbocycles. The minimum atomic E-state index is 0.162. The largest absolute Gasteiger partial charge is 0.443 e. The van der Waals surface area contributed by atoms with E-state index in [9.17, 15) is 0 Å². The molecule has 0 radical (unpaired) electrons. The summed E-state index contributed by atoms with van der Waals surface area (Å²) < 4.78 is 6.83. The van der Waals surface area contributed by atoms with Gasteiger partial charge in [-0.3, -0.25) is 0 Å². The van der Waals surface area contributed by atoms with Crippen LogP contribution < -0.4 is 5.32 Å². The number of rotatable bonds is 3. The van der Waals surface area contributed by atoms with Crippen molar-refractivity contribution in [1.29, 1.82) is 0 Å². The SMILES string of the molecule is Cc1nc(N[C@@H](C)c2ccc(I)cc2)c2cc(C)oc2n1. The molecule has 0 fully saturated rings. The van der Waals surface area contributed by atoms with Gasteiger partial charge >= 0.3 is 0 Å². The normalized spacial score (nSPS) is 12.6. The zero-order valence-corrected chi connectivity index (χ0v) is 14.3. The highest BCUT2D eigenvalue weighted by molar-refractivity contribution is 14.1. The van der Waals surface area contributed by atoms with Crippen LogP contribution in [0.15, 0.2) is 34.7 Å². The minimum absolute atomic E-state index is 0.162. The van der Waals surface area contributed by atoms with E-state index in [2.05, 4.69) is 69.1 Å². The van der Waals surface area contributed by atoms with Gasteiger partial charge in [-0.1, -0.05) is 12.1 Å². The summed E-state index contributed by atoms with van der Waals surface area (Å²) in [4.78, 5) is 8.84. The maximum atomic E-state index is 5.60. The Morgan fingerprint density at radius 2 is 1.86 bits per heavy atom. The molecule has 21 heavy (non-hydrogen) atoms. The lowest BCUT2D eigenvalue weighted by Gasteiger charge is -2.15. The van der Waals surface area contributed by atoms with Crippen LogP contribution in [-0.2, 0) is 0 Å². The molecular formula is C16H16IN3O. The van der Waals surface area contributed by atoms with Gasteiger partial charge in [0.05, 0.1) is 5.39 Å². The van der Waals surface area contributed by atoms with Crippen LogP contribution in [0, 0.1) is 17.4 Å². The number of anilines is 1. The quantitative estimate of drug-likeness (QED) is 0.660. The Kier molecular flexibility index (Phi) is 3.84. The van der Waals surface area contributed by atoms with Crippen LogP contribution in [0.4, 0.5) is 5.82 Å². The first-order valence-corrected chi connectivity index (χ1v) is 7.87. The van der Waals surface area contributed by atoms with Crippen molar-refractivity contribution in [3.8, 4) is 0 Å². The number of hydrogen-bond acceptors (Lipinski definition) is 4. The van der Waals surface area contributed by atoms with Crippen LogP contribution in [-0.4, -0.2) is 9.97 Å². The van der Waals surface area contributed by atoms with Crippen LogP contribution in [0.25, 0.3) is 11.1 Å². The van der Waals surface area contributed by atoms with Gasteiger partial charge in [0.1, 0.15) is 17.4 Å². The molecule has 2 heterocycles. The highest BCUT2D eigenvalue weighted by Crippen LogP contribution is 2.27. The number of furan rings is 1. The van der Waals surface area contributed by atoms with Crippen molar-refractivity contribution < 1.29 is 4.42 Å². The molecule has 0 bridgehead atoms. The number of fused-ring (bicyclic) bond motifs is 1. The summed E-state index contributed by atoms with van der Waals surface area (Å²) in [5, 5.41) is 4.39. The Morgan fingerprint density at radius 1 is 1.14 bits per heavy atom. The third-order valence-electron chi connectivity index (χ3n) is 3.35. The average molecular weight is 393 g/mol. The number of aryl methyl sites for hydroxylation is 2. The maximum absolute atomic E-state index is 5.60. The van der Waals surface area contributed by atoms with Crippen molar-refractivity contribution in [1.82, 2.24) is 9.97 Å². The molecule has 5 heteroatoms. The number of nitrogens with one attached hydrogen (secondary N) is 1. The standard InChI is InChI=1S/C16H16IN3O/c1-9-8-14-15(19-11(3)20-16(14)21-9)18-10(2)12-4-6-13(17)7-5-12/h4-8,10H,1-3H3,(H,18,19,20)/t10-/m0/s1. The molecule has 3 rings (SSSR count). The fraction of sp³-hybridized carbons (Fsp3) is 0.250. The van der Waals surface area contributed by atoms with Gasteiger partial charge in [-0.2, -0.15) is 4.98 Å². The van der Waals surface area contributed by atoms with E-state index in [0.29, 0.717) is 11.5 Å². The predicted octanol–water partition coefficient (Wildman–Crippen LogP) is 4.62. The highest BCUT2D eigenvalue weighted by atomic mass is 127. The minimum Gasteiger partial charge on any atom is -0.443 e. The number of halogens is 1. The molecule has 1 N–H and O–H groups in total. The smallest absolute Gasteiger partial charge is 0.231 e. The zero-order chi connectivity index (χ0) is 15.0. The van der Waals surface area contributed by atoms with Gasteiger partial charge in [-0.15, -0.1) is 0 Å². The van der Waals surface area contributed by atoms with Gasteiger partial charge in [-0.05, 0) is 67.1 Å². The molecule has 1 atom stereocenters. The summed E-state index contributed by atoms with van der Waals surface area (Å²) >= 11 is 2.31. The molecule has 108 valence electrons. The van der Waals surface area contributed by atoms with Gasteiger partial charge in [-0.25, -0.2) is 4.98 Å². The monoisotopic (exact) mass is 393 g/mol. The van der Waals surface area contributed by atoms with Gasteiger partial charge in [0.25, 0.3) is 0 Å². The van der Waals surface area contributed by atoms with Crippen LogP contribution >= 0.6 is 22.6 Å². The molecule has 0 amide bonds. The van der Waals surface area contributed by atoms with E-state index in [1.165, 1.54) is 9.13 Å². The fourth-order valence-electron chi connectivity index (χ4n) is 2.30. The van der Waals surface area contributed by atoms with Crippen LogP contribution in [0.2, 0.25) is 0 Å². The van der Waals surface area contributed by atoms with Gasteiger partial charge < -0.3 is 9.73 Å². The second kappa shape index (κ2) is 5.63. The Hall–Kier alpha value is -1.63. The Morgan fingerprint density at radius 3 is 2.57 bits per heavy atom. The lowest BCUT2D eigenvalue weighted by Crippen LogP contribution is -2.09. The number of nitrogens with zero attached hydrogens (tertiary/aromatic N) is 2. The topological polar surface area (TPSA) is 51.0 Å². The van der Waals surface area contributed by atoms with Crippen molar-refractivity contribution in [3.05, 3.63) is 51.1 Å². The fourth-order valence-corrected chi connectivity index (χ4v) is 2.66. The first-order valence-electron chi connectivity index (χ1n) is 6.80. The summed E-state index contributed by atoms with van der Waals surface area (Å²) in [6.45, 7) is 5.92. The van der Waals surface area contributed by atoms with Crippen molar-refractivity contribution in [2.24, 2.45) is 0 Å². The molecule has 3 aromatic rings. The van der Waals surface area contributed by atoms with Gasteiger partial charge in [0.15, 0.2) is 0 Å². The Balaban J connectivity index is 1.95. The summed E-state index contributed by atoms with van der Waals surface area (Å²) in [5.41, 5.74) is 1.86. The molecule has 4 nitrogen and oxygen atoms in total. The molecular weight excluding hydrogens is 377 g/mol. The number of hydrogen-bond donors (Lipinski definition) is 1.